The summed E-state index contributed by atoms with van der Waals surface area (Å²) in [4.78, 5) is 23.1. The summed E-state index contributed by atoms with van der Waals surface area (Å²) in [7, 11) is 0. The van der Waals surface area contributed by atoms with Crippen LogP contribution >= 0.6 is 0 Å². The van der Waals surface area contributed by atoms with Gasteiger partial charge in [0.2, 0.25) is 11.8 Å². The molecule has 0 saturated heterocycles. The molecular formula is C16H25N3O2. The Kier molecular flexibility index (Phi) is 6.88. The molecule has 0 heterocycles. The second-order valence-electron chi connectivity index (χ2n) is 5.63. The highest BCUT2D eigenvalue weighted by atomic mass is 16.2. The maximum atomic E-state index is 11.6. The summed E-state index contributed by atoms with van der Waals surface area (Å²) in [6.07, 6.45) is 1.13. The summed E-state index contributed by atoms with van der Waals surface area (Å²) < 4.78 is 0. The summed E-state index contributed by atoms with van der Waals surface area (Å²) in [5.74, 6) is -0.0506. The van der Waals surface area contributed by atoms with E-state index in [1.165, 1.54) is 0 Å². The van der Waals surface area contributed by atoms with Crippen molar-refractivity contribution in [2.24, 2.45) is 11.7 Å². The lowest BCUT2D eigenvalue weighted by Crippen LogP contribution is -2.25. The fourth-order valence-corrected chi connectivity index (χ4v) is 1.64. The molecule has 0 bridgehead atoms. The van der Waals surface area contributed by atoms with E-state index in [-0.39, 0.29) is 23.8 Å². The third kappa shape index (κ3) is 6.90. The molecule has 21 heavy (non-hydrogen) atoms. The fraction of sp³-hybridized carbons (Fsp3) is 0.500. The van der Waals surface area contributed by atoms with Crippen molar-refractivity contribution in [1.29, 1.82) is 0 Å². The van der Waals surface area contributed by atoms with Crippen LogP contribution in [0.2, 0.25) is 0 Å². The zero-order valence-corrected chi connectivity index (χ0v) is 13.0. The number of nitrogens with two attached hydrogens (primary N) is 1. The first-order valence-corrected chi connectivity index (χ1v) is 7.30. The first kappa shape index (κ1) is 17.2. The molecule has 5 nitrogen and oxygen atoms in total. The van der Waals surface area contributed by atoms with Crippen LogP contribution in [0, 0.1) is 5.92 Å². The Bertz CT molecular complexity index is 467. The molecule has 2 amide bonds. The minimum atomic E-state index is -0.0473. The van der Waals surface area contributed by atoms with Gasteiger partial charge in [0, 0.05) is 30.6 Å². The molecule has 1 atom stereocenters. The van der Waals surface area contributed by atoms with E-state index < -0.39 is 0 Å². The summed E-state index contributed by atoms with van der Waals surface area (Å²) in [5, 5.41) is 5.68. The van der Waals surface area contributed by atoms with Gasteiger partial charge in [-0.25, -0.2) is 0 Å². The van der Waals surface area contributed by atoms with E-state index in [4.69, 9.17) is 5.73 Å². The average molecular weight is 291 g/mol. The van der Waals surface area contributed by atoms with Gasteiger partial charge in [0.1, 0.15) is 0 Å². The Hall–Kier alpha value is -1.88. The first-order valence-electron chi connectivity index (χ1n) is 7.30. The van der Waals surface area contributed by atoms with Crippen molar-refractivity contribution in [2.75, 3.05) is 5.32 Å². The Morgan fingerprint density at radius 2 is 1.76 bits per heavy atom. The number of anilines is 1. The van der Waals surface area contributed by atoms with E-state index >= 15 is 0 Å². The Morgan fingerprint density at radius 1 is 1.14 bits per heavy atom. The van der Waals surface area contributed by atoms with E-state index in [0.717, 1.165) is 11.3 Å². The molecule has 4 N–H and O–H groups in total. The van der Waals surface area contributed by atoms with Crippen LogP contribution in [-0.2, 0) is 16.1 Å². The predicted molar refractivity (Wildman–Crippen MR) is 84.6 cm³/mol. The molecule has 116 valence electrons. The van der Waals surface area contributed by atoms with Gasteiger partial charge in [0.15, 0.2) is 0 Å². The highest BCUT2D eigenvalue weighted by molar-refractivity contribution is 5.92. The monoisotopic (exact) mass is 291 g/mol. The van der Waals surface area contributed by atoms with Crippen LogP contribution in [0.3, 0.4) is 0 Å². The van der Waals surface area contributed by atoms with Crippen molar-refractivity contribution in [2.45, 2.75) is 46.2 Å². The first-order chi connectivity index (χ1) is 9.88. The Morgan fingerprint density at radius 3 is 2.29 bits per heavy atom. The smallest absolute Gasteiger partial charge is 0.226 e. The number of carbonyl (C=O) groups excluding carboxylic acids is 2. The number of benzene rings is 1. The molecule has 0 aliphatic heterocycles. The lowest BCUT2D eigenvalue weighted by Gasteiger charge is -2.09. The third-order valence-electron chi connectivity index (χ3n) is 3.06. The Balaban J connectivity index is 2.41. The van der Waals surface area contributed by atoms with Crippen molar-refractivity contribution >= 4 is 17.5 Å². The lowest BCUT2D eigenvalue weighted by atomic mass is 10.1. The molecule has 0 spiro atoms. The van der Waals surface area contributed by atoms with E-state index in [1.807, 2.05) is 45.0 Å². The number of nitrogens with one attached hydrogen (secondary N) is 2. The predicted octanol–water partition coefficient (Wildman–Crippen LogP) is 2.02. The lowest BCUT2D eigenvalue weighted by molar-refractivity contribution is -0.121. The zero-order valence-electron chi connectivity index (χ0n) is 13.0. The molecule has 5 heteroatoms. The third-order valence-corrected chi connectivity index (χ3v) is 3.06. The molecule has 1 aromatic carbocycles. The topological polar surface area (TPSA) is 84.2 Å². The molecule has 0 aliphatic carbocycles. The fourth-order valence-electron chi connectivity index (χ4n) is 1.64. The van der Waals surface area contributed by atoms with Gasteiger partial charge in [-0.1, -0.05) is 26.0 Å². The van der Waals surface area contributed by atoms with Crippen LogP contribution in [0.4, 0.5) is 5.69 Å². The summed E-state index contributed by atoms with van der Waals surface area (Å²) in [5.41, 5.74) is 7.37. The highest BCUT2D eigenvalue weighted by Crippen LogP contribution is 2.11. The molecule has 1 unspecified atom stereocenters. The van der Waals surface area contributed by atoms with Crippen LogP contribution < -0.4 is 16.4 Å². The maximum Gasteiger partial charge on any atom is 0.226 e. The Labute approximate surface area is 126 Å². The second kappa shape index (κ2) is 8.42. The van der Waals surface area contributed by atoms with Crippen LogP contribution in [0.1, 0.15) is 39.2 Å². The molecule has 0 radical (unpaired) electrons. The van der Waals surface area contributed by atoms with Crippen molar-refractivity contribution in [3.63, 3.8) is 0 Å². The van der Waals surface area contributed by atoms with Crippen molar-refractivity contribution in [1.82, 2.24) is 5.32 Å². The van der Waals surface area contributed by atoms with Gasteiger partial charge in [0.05, 0.1) is 0 Å². The van der Waals surface area contributed by atoms with Crippen molar-refractivity contribution in [3.05, 3.63) is 29.8 Å². The maximum absolute atomic E-state index is 11.6. The van der Waals surface area contributed by atoms with Crippen molar-refractivity contribution in [3.8, 4) is 0 Å². The van der Waals surface area contributed by atoms with Gasteiger partial charge in [-0.2, -0.15) is 0 Å². The SMILES string of the molecule is CC(N)CCC(=O)NCc1ccc(NC(=O)C(C)C)cc1. The van der Waals surface area contributed by atoms with Crippen LogP contribution in [-0.4, -0.2) is 17.9 Å². The molecule has 1 aromatic rings. The van der Waals surface area contributed by atoms with Gasteiger partial charge in [-0.15, -0.1) is 0 Å². The molecule has 0 saturated carbocycles. The number of hydrogen-bond donors (Lipinski definition) is 3. The minimum absolute atomic E-state index is 0.00415. The summed E-state index contributed by atoms with van der Waals surface area (Å²) in [6, 6.07) is 7.50. The molecule has 0 aromatic heterocycles. The summed E-state index contributed by atoms with van der Waals surface area (Å²) >= 11 is 0. The minimum Gasteiger partial charge on any atom is -0.352 e. The number of carbonyl (C=O) groups is 2. The quantitative estimate of drug-likeness (QED) is 0.718. The van der Waals surface area contributed by atoms with E-state index in [9.17, 15) is 9.59 Å². The largest absolute Gasteiger partial charge is 0.352 e. The summed E-state index contributed by atoms with van der Waals surface area (Å²) in [6.45, 7) is 6.07. The van der Waals surface area contributed by atoms with Crippen LogP contribution in [0.5, 0.6) is 0 Å². The molecule has 0 fully saturated rings. The normalized spacial score (nSPS) is 12.0. The zero-order chi connectivity index (χ0) is 15.8. The van der Waals surface area contributed by atoms with E-state index in [2.05, 4.69) is 10.6 Å². The molecule has 1 rings (SSSR count). The highest BCUT2D eigenvalue weighted by Gasteiger charge is 2.07. The van der Waals surface area contributed by atoms with Gasteiger partial charge in [-0.3, -0.25) is 9.59 Å². The van der Waals surface area contributed by atoms with E-state index in [1.54, 1.807) is 0 Å². The van der Waals surface area contributed by atoms with Crippen molar-refractivity contribution < 1.29 is 9.59 Å². The van der Waals surface area contributed by atoms with Gasteiger partial charge < -0.3 is 16.4 Å². The van der Waals surface area contributed by atoms with Crippen LogP contribution in [0.15, 0.2) is 24.3 Å². The molecular weight excluding hydrogens is 266 g/mol. The number of hydrogen-bond acceptors (Lipinski definition) is 3. The van der Waals surface area contributed by atoms with E-state index in [0.29, 0.717) is 19.4 Å². The average Bonchev–Trinajstić information content (AvgIpc) is 2.44. The standard InChI is InChI=1S/C16H25N3O2/c1-11(2)16(21)19-14-7-5-13(6-8-14)10-18-15(20)9-4-12(3)17/h5-8,11-12H,4,9-10,17H2,1-3H3,(H,18,20)(H,19,21). The molecule has 0 aliphatic rings. The van der Waals surface area contributed by atoms with Gasteiger partial charge in [0.25, 0.3) is 0 Å². The van der Waals surface area contributed by atoms with Gasteiger partial charge >= 0.3 is 0 Å². The number of amides is 2. The number of rotatable bonds is 7. The van der Waals surface area contributed by atoms with Crippen LogP contribution in [0.25, 0.3) is 0 Å². The van der Waals surface area contributed by atoms with Gasteiger partial charge in [-0.05, 0) is 31.0 Å². The second-order valence-corrected chi connectivity index (χ2v) is 5.63.